The highest BCUT2D eigenvalue weighted by atomic mass is 15.0. The van der Waals surface area contributed by atoms with Gasteiger partial charge in [0.2, 0.25) is 0 Å². The quantitative estimate of drug-likeness (QED) is 0.656. The maximum atomic E-state index is 3.45. The van der Waals surface area contributed by atoms with Crippen LogP contribution in [0.5, 0.6) is 0 Å². The van der Waals surface area contributed by atoms with Crippen molar-refractivity contribution in [2.75, 3.05) is 19.6 Å². The molecule has 2 heteroatoms. The van der Waals surface area contributed by atoms with Crippen LogP contribution in [-0.4, -0.2) is 25.2 Å². The summed E-state index contributed by atoms with van der Waals surface area (Å²) in [6.45, 7) is 16.5. The number of rotatable bonds is 4. The first kappa shape index (κ1) is 12.9. The van der Waals surface area contributed by atoms with Gasteiger partial charge < -0.3 is 10.6 Å². The van der Waals surface area contributed by atoms with Crippen molar-refractivity contribution < 1.29 is 0 Å². The van der Waals surface area contributed by atoms with Gasteiger partial charge in [-0.15, -0.1) is 0 Å². The van der Waals surface area contributed by atoms with Crippen molar-refractivity contribution in [2.45, 2.75) is 47.1 Å². The fourth-order valence-electron chi connectivity index (χ4n) is 0.989. The van der Waals surface area contributed by atoms with E-state index in [-0.39, 0.29) is 5.54 Å². The Bertz CT molecular complexity index is 112. The Morgan fingerprint density at radius 2 is 1.38 bits per heavy atom. The molecule has 0 aromatic heterocycles. The van der Waals surface area contributed by atoms with Gasteiger partial charge in [-0.2, -0.15) is 0 Å². The second kappa shape index (κ2) is 4.97. The average molecular weight is 186 g/mol. The lowest BCUT2D eigenvalue weighted by Gasteiger charge is -2.22. The minimum absolute atomic E-state index is 0.239. The normalized spacial score (nSPS) is 13.4. The lowest BCUT2D eigenvalue weighted by Crippen LogP contribution is -2.41. The van der Waals surface area contributed by atoms with E-state index in [2.05, 4.69) is 52.2 Å². The Balaban J connectivity index is 3.28. The molecule has 0 spiro atoms. The third kappa shape index (κ3) is 11.9. The molecule has 0 bridgehead atoms. The minimum Gasteiger partial charge on any atom is -0.315 e. The number of hydrogen-bond donors (Lipinski definition) is 2. The van der Waals surface area contributed by atoms with Gasteiger partial charge in [-0.3, -0.25) is 0 Å². The predicted octanol–water partition coefficient (Wildman–Crippen LogP) is 2.01. The van der Waals surface area contributed by atoms with E-state index in [1.54, 1.807) is 0 Å². The summed E-state index contributed by atoms with van der Waals surface area (Å²) >= 11 is 0. The van der Waals surface area contributed by atoms with Gasteiger partial charge in [0.05, 0.1) is 0 Å². The molecule has 0 aliphatic heterocycles. The zero-order valence-corrected chi connectivity index (χ0v) is 10.1. The smallest absolute Gasteiger partial charge is 0.00970 e. The molecule has 2 N–H and O–H groups in total. The molecular formula is C11H26N2. The summed E-state index contributed by atoms with van der Waals surface area (Å²) in [5, 5.41) is 6.88. The molecule has 0 fully saturated rings. The van der Waals surface area contributed by atoms with Crippen molar-refractivity contribution in [1.82, 2.24) is 10.6 Å². The molecule has 13 heavy (non-hydrogen) atoms. The first-order valence-corrected chi connectivity index (χ1v) is 5.16. The van der Waals surface area contributed by atoms with Gasteiger partial charge in [-0.25, -0.2) is 0 Å². The molecule has 2 nitrogen and oxygen atoms in total. The molecular weight excluding hydrogens is 160 g/mol. The lowest BCUT2D eigenvalue weighted by atomic mass is 9.97. The van der Waals surface area contributed by atoms with E-state index >= 15 is 0 Å². The van der Waals surface area contributed by atoms with Crippen molar-refractivity contribution >= 4 is 0 Å². The zero-order valence-electron chi connectivity index (χ0n) is 10.1. The largest absolute Gasteiger partial charge is 0.315 e. The van der Waals surface area contributed by atoms with Gasteiger partial charge in [0, 0.05) is 25.2 Å². The zero-order chi connectivity index (χ0) is 10.5. The van der Waals surface area contributed by atoms with E-state index in [4.69, 9.17) is 0 Å². The maximum Gasteiger partial charge on any atom is 0.00970 e. The fraction of sp³-hybridized carbons (Fsp3) is 1.00. The van der Waals surface area contributed by atoms with Crippen LogP contribution in [0.2, 0.25) is 0 Å². The third-order valence-corrected chi connectivity index (χ3v) is 1.61. The van der Waals surface area contributed by atoms with Crippen molar-refractivity contribution in [3.63, 3.8) is 0 Å². The van der Waals surface area contributed by atoms with Crippen molar-refractivity contribution in [2.24, 2.45) is 5.41 Å². The summed E-state index contributed by atoms with van der Waals surface area (Å²) in [5.41, 5.74) is 0.630. The Kier molecular flexibility index (Phi) is 4.93. The average Bonchev–Trinajstić information content (AvgIpc) is 1.81. The van der Waals surface area contributed by atoms with E-state index in [0.29, 0.717) is 5.41 Å². The van der Waals surface area contributed by atoms with E-state index in [1.165, 1.54) is 0 Å². The molecule has 0 unspecified atom stereocenters. The van der Waals surface area contributed by atoms with Crippen LogP contribution in [0.4, 0.5) is 0 Å². The molecule has 0 aliphatic carbocycles. The molecule has 0 aromatic carbocycles. The first-order chi connectivity index (χ1) is 5.71. The van der Waals surface area contributed by atoms with Gasteiger partial charge in [-0.1, -0.05) is 20.8 Å². The molecule has 0 amide bonds. The predicted molar refractivity (Wildman–Crippen MR) is 60.1 cm³/mol. The van der Waals surface area contributed by atoms with E-state index < -0.39 is 0 Å². The lowest BCUT2D eigenvalue weighted by molar-refractivity contribution is 0.366. The van der Waals surface area contributed by atoms with Crippen molar-refractivity contribution in [3.05, 3.63) is 0 Å². The summed E-state index contributed by atoms with van der Waals surface area (Å²) in [4.78, 5) is 0. The van der Waals surface area contributed by atoms with E-state index in [9.17, 15) is 0 Å². The Morgan fingerprint density at radius 3 is 1.77 bits per heavy atom. The van der Waals surface area contributed by atoms with Crippen LogP contribution in [0.15, 0.2) is 0 Å². The molecule has 0 aliphatic rings. The highest BCUT2D eigenvalue weighted by Gasteiger charge is 2.10. The van der Waals surface area contributed by atoms with Gasteiger partial charge in [0.1, 0.15) is 0 Å². The first-order valence-electron chi connectivity index (χ1n) is 5.16. The molecule has 0 radical (unpaired) electrons. The number of nitrogens with one attached hydrogen (secondary N) is 2. The van der Waals surface area contributed by atoms with Crippen LogP contribution < -0.4 is 10.6 Å². The molecule has 0 saturated carbocycles. The van der Waals surface area contributed by atoms with Crippen LogP contribution in [0, 0.1) is 5.41 Å². The summed E-state index contributed by atoms with van der Waals surface area (Å²) in [6, 6.07) is 0. The standard InChI is InChI=1S/C11H26N2/c1-10(2,3)9-12-7-8-13-11(4,5)6/h12-13H,7-9H2,1-6H3. The highest BCUT2D eigenvalue weighted by molar-refractivity contribution is 4.71. The highest BCUT2D eigenvalue weighted by Crippen LogP contribution is 2.09. The van der Waals surface area contributed by atoms with Gasteiger partial charge in [0.25, 0.3) is 0 Å². The van der Waals surface area contributed by atoms with Crippen LogP contribution in [-0.2, 0) is 0 Å². The molecule has 0 aromatic rings. The molecule has 80 valence electrons. The summed E-state index contributed by atoms with van der Waals surface area (Å²) in [7, 11) is 0. The van der Waals surface area contributed by atoms with Gasteiger partial charge in [0.15, 0.2) is 0 Å². The second-order valence-electron chi connectivity index (χ2n) is 5.91. The SMILES string of the molecule is CC(C)(C)CNCCNC(C)(C)C. The summed E-state index contributed by atoms with van der Waals surface area (Å²) in [5.74, 6) is 0. The van der Waals surface area contributed by atoms with Crippen LogP contribution in [0.1, 0.15) is 41.5 Å². The Labute approximate surface area is 83.5 Å². The summed E-state index contributed by atoms with van der Waals surface area (Å²) in [6.07, 6.45) is 0. The fourth-order valence-corrected chi connectivity index (χ4v) is 0.989. The van der Waals surface area contributed by atoms with E-state index in [0.717, 1.165) is 19.6 Å². The third-order valence-electron chi connectivity index (χ3n) is 1.61. The molecule has 0 heterocycles. The van der Waals surface area contributed by atoms with E-state index in [1.807, 2.05) is 0 Å². The molecule has 0 atom stereocenters. The molecule has 0 saturated heterocycles. The second-order valence-corrected chi connectivity index (χ2v) is 5.91. The topological polar surface area (TPSA) is 24.1 Å². The van der Waals surface area contributed by atoms with Gasteiger partial charge in [-0.05, 0) is 26.2 Å². The van der Waals surface area contributed by atoms with Gasteiger partial charge >= 0.3 is 0 Å². The molecule has 0 rings (SSSR count). The maximum absolute atomic E-state index is 3.45. The number of hydrogen-bond acceptors (Lipinski definition) is 2. The van der Waals surface area contributed by atoms with Crippen molar-refractivity contribution in [3.8, 4) is 0 Å². The van der Waals surface area contributed by atoms with Crippen LogP contribution in [0.3, 0.4) is 0 Å². The Morgan fingerprint density at radius 1 is 0.846 bits per heavy atom. The van der Waals surface area contributed by atoms with Crippen LogP contribution in [0.25, 0.3) is 0 Å². The monoisotopic (exact) mass is 186 g/mol. The van der Waals surface area contributed by atoms with Crippen LogP contribution >= 0.6 is 0 Å². The minimum atomic E-state index is 0.239. The van der Waals surface area contributed by atoms with Crippen molar-refractivity contribution in [1.29, 1.82) is 0 Å². The Hall–Kier alpha value is -0.0800. The summed E-state index contributed by atoms with van der Waals surface area (Å²) < 4.78 is 0.